The van der Waals surface area contributed by atoms with E-state index in [1.807, 2.05) is 50.4 Å². The normalized spacial score (nSPS) is 25.6. The Bertz CT molecular complexity index is 3120. The van der Waals surface area contributed by atoms with Crippen molar-refractivity contribution in [3.8, 4) is 46.3 Å². The molecular weight excluding hydrogens is 903 g/mol. The maximum absolute atomic E-state index is 15.7. The Balaban J connectivity index is 1.15. The predicted octanol–water partition coefficient (Wildman–Crippen LogP) is 6.49. The minimum atomic E-state index is -1.83. The molecule has 1 amide bonds. The molecule has 4 bridgehead atoms. The summed E-state index contributed by atoms with van der Waals surface area (Å²) in [7, 11) is 4.89. The second-order valence-electron chi connectivity index (χ2n) is 18.4. The Morgan fingerprint density at radius 3 is 2.57 bits per heavy atom. The number of likely N-dealkylation sites (N-methyl/N-ethyl adjacent to an activating group) is 1. The number of pyridine rings is 1. The van der Waals surface area contributed by atoms with Gasteiger partial charge in [-0.15, -0.1) is 11.8 Å². The van der Waals surface area contributed by atoms with E-state index >= 15 is 9.59 Å². The number of thioether (sulfide) groups is 1. The molecule has 12 rings (SSSR count). The molecule has 0 unspecified atom stereocenters. The quantitative estimate of drug-likeness (QED) is 0.110. The lowest BCUT2D eigenvalue weighted by Crippen LogP contribution is -2.69. The van der Waals surface area contributed by atoms with Crippen LogP contribution in [0.25, 0.3) is 17.0 Å². The van der Waals surface area contributed by atoms with Crippen molar-refractivity contribution in [3.05, 3.63) is 111 Å². The summed E-state index contributed by atoms with van der Waals surface area (Å²) >= 11 is 1.35. The number of benzene rings is 4. The van der Waals surface area contributed by atoms with E-state index in [2.05, 4.69) is 20.9 Å². The van der Waals surface area contributed by atoms with Gasteiger partial charge in [0.25, 0.3) is 0 Å². The van der Waals surface area contributed by atoms with E-state index in [0.717, 1.165) is 22.0 Å². The molecule has 2 N–H and O–H groups in total. The lowest BCUT2D eigenvalue weighted by atomic mass is 9.71. The highest BCUT2D eigenvalue weighted by Crippen LogP contribution is 2.65. The summed E-state index contributed by atoms with van der Waals surface area (Å²) in [5.74, 6) is -0.580. The van der Waals surface area contributed by atoms with Gasteiger partial charge in [0.2, 0.25) is 12.7 Å². The molecule has 69 heavy (non-hydrogen) atoms. The van der Waals surface area contributed by atoms with Gasteiger partial charge in [0, 0.05) is 71.2 Å². The molecular formula is C52H49N5O11S. The summed E-state index contributed by atoms with van der Waals surface area (Å²) in [6.07, 6.45) is 5.51. The molecule has 17 heteroatoms. The van der Waals surface area contributed by atoms with Gasteiger partial charge >= 0.3 is 11.9 Å². The molecule has 7 aliphatic rings. The van der Waals surface area contributed by atoms with Gasteiger partial charge < -0.3 is 43.5 Å². The molecule has 7 aliphatic heterocycles. The number of para-hydroxylation sites is 1. The number of piperazine rings is 1. The Labute approximate surface area is 401 Å². The highest BCUT2D eigenvalue weighted by Gasteiger charge is 2.63. The molecule has 1 aromatic heterocycles. The molecule has 0 aliphatic carbocycles. The van der Waals surface area contributed by atoms with Crippen LogP contribution in [0.2, 0.25) is 0 Å². The SMILES string of the molecule is COc1cc2c(cc1O)CCN(C(=O)/C=C/c1cnc3ccccc3c1)[C@]21CS[C@@H]2c3c(OC(C)=O)c(C)c4c(c3[C@H](COC1=O)N1[C@@H]2[C@H]2c3c(cc(C)c(OC)c3O)C[C@@H]([C@@H]1C#N)N2C)OCO4. The van der Waals surface area contributed by atoms with Crippen molar-refractivity contribution in [2.45, 2.75) is 74.6 Å². The fourth-order valence-corrected chi connectivity index (χ4v) is 13.8. The van der Waals surface area contributed by atoms with Crippen molar-refractivity contribution in [3.63, 3.8) is 0 Å². The van der Waals surface area contributed by atoms with Crippen LogP contribution in [-0.2, 0) is 37.5 Å². The van der Waals surface area contributed by atoms with Crippen molar-refractivity contribution in [1.82, 2.24) is 19.7 Å². The van der Waals surface area contributed by atoms with Crippen LogP contribution in [0.3, 0.4) is 0 Å². The average Bonchev–Trinajstić information content (AvgIpc) is 3.83. The van der Waals surface area contributed by atoms with Crippen LogP contribution in [0.1, 0.15) is 74.3 Å². The van der Waals surface area contributed by atoms with Crippen molar-refractivity contribution < 1.29 is 53.0 Å². The van der Waals surface area contributed by atoms with Crippen molar-refractivity contribution >= 4 is 46.6 Å². The number of aromatic nitrogens is 1. The molecule has 0 radical (unpaired) electrons. The van der Waals surface area contributed by atoms with Gasteiger partial charge in [-0.25, -0.2) is 4.79 Å². The van der Waals surface area contributed by atoms with Crippen LogP contribution in [0.15, 0.2) is 60.8 Å². The number of aryl methyl sites for hydroxylation is 1. The first-order valence-corrected chi connectivity index (χ1v) is 23.8. The zero-order valence-corrected chi connectivity index (χ0v) is 39.6. The fourth-order valence-electron chi connectivity index (χ4n) is 12.0. The summed E-state index contributed by atoms with van der Waals surface area (Å²) in [5.41, 5.74) is 4.63. The van der Waals surface area contributed by atoms with Gasteiger partial charge in [0.1, 0.15) is 18.4 Å². The molecule has 7 atom stereocenters. The molecule has 2 saturated heterocycles. The third-order valence-electron chi connectivity index (χ3n) is 14.9. The first-order valence-electron chi connectivity index (χ1n) is 22.8. The second kappa shape index (κ2) is 16.6. The number of carbonyl (C=O) groups is 3. The Kier molecular flexibility index (Phi) is 10.7. The van der Waals surface area contributed by atoms with Gasteiger partial charge in [0.15, 0.2) is 40.0 Å². The molecule has 2 fully saturated rings. The van der Waals surface area contributed by atoms with Crippen LogP contribution >= 0.6 is 11.8 Å². The number of aromatic hydroxyl groups is 2. The zero-order chi connectivity index (χ0) is 48.2. The summed E-state index contributed by atoms with van der Waals surface area (Å²) < 4.78 is 36.8. The first-order chi connectivity index (χ1) is 33.3. The summed E-state index contributed by atoms with van der Waals surface area (Å²) in [4.78, 5) is 54.4. The third kappa shape index (κ3) is 6.55. The fraction of sp³-hybridized carbons (Fsp3) is 0.365. The summed E-state index contributed by atoms with van der Waals surface area (Å²) in [5, 5.41) is 34.9. The van der Waals surface area contributed by atoms with E-state index < -0.39 is 52.8 Å². The Hall–Kier alpha value is -7.00. The molecule has 1 spiro atoms. The number of phenols is 2. The first kappa shape index (κ1) is 44.5. The summed E-state index contributed by atoms with van der Waals surface area (Å²) in [6.45, 7) is 4.63. The van der Waals surface area contributed by atoms with E-state index in [4.69, 9.17) is 28.4 Å². The maximum Gasteiger partial charge on any atom is 0.337 e. The molecule has 5 aromatic rings. The van der Waals surface area contributed by atoms with E-state index in [-0.39, 0.29) is 54.7 Å². The number of carbonyl (C=O) groups excluding carboxylic acids is 3. The Morgan fingerprint density at radius 1 is 1.00 bits per heavy atom. The number of rotatable bonds is 5. The van der Waals surface area contributed by atoms with Gasteiger partial charge in [0.05, 0.1) is 43.1 Å². The number of esters is 2. The van der Waals surface area contributed by atoms with E-state index in [1.54, 1.807) is 31.3 Å². The number of amides is 1. The maximum atomic E-state index is 15.7. The van der Waals surface area contributed by atoms with Gasteiger partial charge in [-0.05, 0) is 91.9 Å². The van der Waals surface area contributed by atoms with Gasteiger partial charge in [-0.1, -0.05) is 24.3 Å². The molecule has 8 heterocycles. The number of nitrogens with zero attached hydrogens (tertiary/aromatic N) is 5. The number of fused-ring (bicyclic) bond motifs is 10. The number of phenolic OH excluding ortho intramolecular Hbond substituents is 2. The zero-order valence-electron chi connectivity index (χ0n) is 38.8. The van der Waals surface area contributed by atoms with Crippen LogP contribution < -0.4 is 23.7 Å². The third-order valence-corrected chi connectivity index (χ3v) is 16.4. The van der Waals surface area contributed by atoms with Crippen molar-refractivity contribution in [2.24, 2.45) is 0 Å². The topological polar surface area (TPSA) is 193 Å². The standard InChI is InChI=1S/C52H49N5O11S/c1-25-15-31-17-34-35(20-53)57-36-22-65-51(62)52(32-19-38(63-5)37(59)18-29(32)13-14-56(52)39(60)12-11-28-16-30-9-7-8-10-33(30)54-21-28)23-69-50(44(57)43(55(34)4)40(31)45(61)46(25)64-6)42-41(36)49-48(66-24-67-49)26(2)47(42)68-27(3)58/h7-12,15-16,18-19,21,34-36,43-44,50,59,61H,13-14,17,22-24H2,1-6H3/b12-11+/t34-,35-,36-,43+,44+,50+,52+/m0/s1. The number of hydrogen-bond acceptors (Lipinski definition) is 16. The molecule has 4 aromatic carbocycles. The van der Waals surface area contributed by atoms with Gasteiger partial charge in [-0.3, -0.25) is 24.4 Å². The monoisotopic (exact) mass is 951 g/mol. The molecule has 354 valence electrons. The van der Waals surface area contributed by atoms with E-state index in [9.17, 15) is 20.3 Å². The van der Waals surface area contributed by atoms with E-state index in [1.165, 1.54) is 43.9 Å². The highest BCUT2D eigenvalue weighted by molar-refractivity contribution is 7.99. The van der Waals surface area contributed by atoms with Gasteiger partial charge in [-0.2, -0.15) is 5.26 Å². The van der Waals surface area contributed by atoms with Crippen LogP contribution in [0.5, 0.6) is 40.2 Å². The lowest BCUT2D eigenvalue weighted by molar-refractivity contribution is -0.167. The number of methoxy groups -OCH3 is 2. The second-order valence-corrected chi connectivity index (χ2v) is 19.5. The van der Waals surface area contributed by atoms with Crippen LogP contribution in [0, 0.1) is 25.2 Å². The number of hydrogen-bond donors (Lipinski definition) is 2. The van der Waals surface area contributed by atoms with Crippen molar-refractivity contribution in [1.29, 1.82) is 5.26 Å². The minimum Gasteiger partial charge on any atom is -0.504 e. The largest absolute Gasteiger partial charge is 0.504 e. The average molecular weight is 952 g/mol. The van der Waals surface area contributed by atoms with Crippen molar-refractivity contribution in [2.75, 3.05) is 47.0 Å². The Morgan fingerprint density at radius 2 is 1.80 bits per heavy atom. The van der Waals surface area contributed by atoms with Crippen LogP contribution in [0.4, 0.5) is 0 Å². The molecule has 0 saturated carbocycles. The molecule has 16 nitrogen and oxygen atoms in total. The summed E-state index contributed by atoms with van der Waals surface area (Å²) in [6, 6.07) is 14.1. The lowest BCUT2D eigenvalue weighted by Gasteiger charge is -2.62. The predicted molar refractivity (Wildman–Crippen MR) is 252 cm³/mol. The van der Waals surface area contributed by atoms with Crippen LogP contribution in [-0.4, -0.2) is 113 Å². The highest BCUT2D eigenvalue weighted by atomic mass is 32.2. The minimum absolute atomic E-state index is 0.0143. The number of ether oxygens (including phenoxy) is 6. The number of nitriles is 1. The van der Waals surface area contributed by atoms with E-state index in [0.29, 0.717) is 69.0 Å². The smallest absolute Gasteiger partial charge is 0.337 e.